The maximum Gasteiger partial charge on any atom is 0.248 e. The molecule has 1 aliphatic heterocycles. The molecule has 0 aromatic carbocycles. The quantitative estimate of drug-likeness (QED) is 0.846. The Labute approximate surface area is 121 Å². The summed E-state index contributed by atoms with van der Waals surface area (Å²) in [4.78, 5) is 26.7. The van der Waals surface area contributed by atoms with Crippen molar-refractivity contribution in [1.29, 1.82) is 0 Å². The van der Waals surface area contributed by atoms with Gasteiger partial charge in [0.2, 0.25) is 11.8 Å². The van der Waals surface area contributed by atoms with E-state index in [1.54, 1.807) is 7.11 Å². The Morgan fingerprint density at radius 3 is 2.65 bits per heavy atom. The van der Waals surface area contributed by atoms with E-state index >= 15 is 0 Å². The zero-order valence-electron chi connectivity index (χ0n) is 12.6. The summed E-state index contributed by atoms with van der Waals surface area (Å²) in [5.74, 6) is 0.422. The van der Waals surface area contributed by atoms with E-state index in [9.17, 15) is 9.59 Å². The van der Waals surface area contributed by atoms with Gasteiger partial charge < -0.3 is 15.0 Å². The highest BCUT2D eigenvalue weighted by Gasteiger charge is 2.45. The van der Waals surface area contributed by atoms with Crippen molar-refractivity contribution in [3.05, 3.63) is 0 Å². The van der Waals surface area contributed by atoms with Crippen LogP contribution in [-0.4, -0.2) is 49.1 Å². The van der Waals surface area contributed by atoms with Crippen LogP contribution in [0.25, 0.3) is 0 Å². The molecule has 114 valence electrons. The minimum absolute atomic E-state index is 0.0159. The maximum absolute atomic E-state index is 12.9. The predicted octanol–water partition coefficient (Wildman–Crippen LogP) is 1.32. The van der Waals surface area contributed by atoms with Crippen LogP contribution in [0.2, 0.25) is 0 Å². The molecule has 1 saturated heterocycles. The van der Waals surface area contributed by atoms with E-state index in [0.29, 0.717) is 26.1 Å². The standard InChI is InChI=1S/C15H26N2O3/c1-12(11-20-2)10-17-9-6-13(18)16-15(14(17)19)7-4-3-5-8-15/h12H,3-11H2,1-2H3,(H,16,18). The van der Waals surface area contributed by atoms with Gasteiger partial charge in [-0.05, 0) is 18.8 Å². The zero-order chi connectivity index (χ0) is 14.6. The highest BCUT2D eigenvalue weighted by atomic mass is 16.5. The van der Waals surface area contributed by atoms with Gasteiger partial charge in [-0.3, -0.25) is 9.59 Å². The fraction of sp³-hybridized carbons (Fsp3) is 0.867. The summed E-state index contributed by atoms with van der Waals surface area (Å²) in [5.41, 5.74) is -0.626. The Balaban J connectivity index is 2.12. The number of methoxy groups -OCH3 is 1. The molecule has 1 heterocycles. The van der Waals surface area contributed by atoms with Crippen LogP contribution in [-0.2, 0) is 14.3 Å². The normalized spacial score (nSPS) is 24.4. The summed E-state index contributed by atoms with van der Waals surface area (Å²) in [6, 6.07) is 0. The van der Waals surface area contributed by atoms with Crippen LogP contribution in [0.3, 0.4) is 0 Å². The molecule has 2 fully saturated rings. The molecule has 1 aliphatic carbocycles. The highest BCUT2D eigenvalue weighted by Crippen LogP contribution is 2.31. The van der Waals surface area contributed by atoms with Gasteiger partial charge in [-0.2, -0.15) is 0 Å². The summed E-state index contributed by atoms with van der Waals surface area (Å²) in [6.07, 6.45) is 5.18. The van der Waals surface area contributed by atoms with Gasteiger partial charge in [-0.15, -0.1) is 0 Å². The van der Waals surface area contributed by atoms with E-state index in [1.807, 2.05) is 4.90 Å². The second kappa shape index (κ2) is 6.57. The van der Waals surface area contributed by atoms with Crippen LogP contribution in [0.5, 0.6) is 0 Å². The molecule has 5 nitrogen and oxygen atoms in total. The molecule has 1 atom stereocenters. The van der Waals surface area contributed by atoms with Gasteiger partial charge in [0.25, 0.3) is 0 Å². The lowest BCUT2D eigenvalue weighted by molar-refractivity contribution is -0.141. The number of carbonyl (C=O) groups excluding carboxylic acids is 2. The van der Waals surface area contributed by atoms with E-state index in [0.717, 1.165) is 32.1 Å². The Morgan fingerprint density at radius 2 is 2.00 bits per heavy atom. The molecule has 2 aliphatic rings. The van der Waals surface area contributed by atoms with Gasteiger partial charge in [0, 0.05) is 26.6 Å². The highest BCUT2D eigenvalue weighted by molar-refractivity contribution is 5.93. The number of amides is 2. The Morgan fingerprint density at radius 1 is 1.30 bits per heavy atom. The van der Waals surface area contributed by atoms with Crippen LogP contribution in [0.15, 0.2) is 0 Å². The third-order valence-corrected chi connectivity index (χ3v) is 4.37. The minimum atomic E-state index is -0.626. The smallest absolute Gasteiger partial charge is 0.248 e. The largest absolute Gasteiger partial charge is 0.384 e. The first-order valence-electron chi connectivity index (χ1n) is 7.67. The lowest BCUT2D eigenvalue weighted by atomic mass is 9.80. The number of ether oxygens (including phenoxy) is 1. The molecule has 1 unspecified atom stereocenters. The predicted molar refractivity (Wildman–Crippen MR) is 76.2 cm³/mol. The first-order valence-corrected chi connectivity index (χ1v) is 7.67. The number of nitrogens with one attached hydrogen (secondary N) is 1. The van der Waals surface area contributed by atoms with Crippen molar-refractivity contribution in [3.8, 4) is 0 Å². The molecular formula is C15H26N2O3. The second-order valence-corrected chi connectivity index (χ2v) is 6.25. The zero-order valence-corrected chi connectivity index (χ0v) is 12.6. The molecule has 2 rings (SSSR count). The van der Waals surface area contributed by atoms with E-state index in [-0.39, 0.29) is 17.7 Å². The van der Waals surface area contributed by atoms with Gasteiger partial charge in [0.05, 0.1) is 6.61 Å². The fourth-order valence-electron chi connectivity index (χ4n) is 3.41. The number of nitrogens with zero attached hydrogens (tertiary/aromatic N) is 1. The van der Waals surface area contributed by atoms with E-state index in [2.05, 4.69) is 12.2 Å². The molecular weight excluding hydrogens is 256 g/mol. The molecule has 0 aromatic heterocycles. The molecule has 1 saturated carbocycles. The van der Waals surface area contributed by atoms with Gasteiger partial charge >= 0.3 is 0 Å². The molecule has 5 heteroatoms. The molecule has 0 bridgehead atoms. The fourth-order valence-corrected chi connectivity index (χ4v) is 3.41. The van der Waals surface area contributed by atoms with Crippen molar-refractivity contribution in [1.82, 2.24) is 10.2 Å². The topological polar surface area (TPSA) is 58.6 Å². The van der Waals surface area contributed by atoms with Crippen LogP contribution >= 0.6 is 0 Å². The van der Waals surface area contributed by atoms with Crippen molar-refractivity contribution in [3.63, 3.8) is 0 Å². The molecule has 1 N–H and O–H groups in total. The Kier molecular flexibility index (Phi) is 5.02. The second-order valence-electron chi connectivity index (χ2n) is 6.25. The monoisotopic (exact) mass is 282 g/mol. The maximum atomic E-state index is 12.9. The number of carbonyl (C=O) groups is 2. The summed E-state index contributed by atoms with van der Waals surface area (Å²) < 4.78 is 5.15. The molecule has 20 heavy (non-hydrogen) atoms. The molecule has 0 radical (unpaired) electrons. The van der Waals surface area contributed by atoms with Crippen LogP contribution < -0.4 is 5.32 Å². The van der Waals surface area contributed by atoms with Crippen molar-refractivity contribution < 1.29 is 14.3 Å². The first kappa shape index (κ1) is 15.3. The van der Waals surface area contributed by atoms with Gasteiger partial charge in [-0.25, -0.2) is 0 Å². The summed E-state index contributed by atoms with van der Waals surface area (Å²) in [5, 5.41) is 3.02. The SMILES string of the molecule is COCC(C)CN1CCC(=O)NC2(CCCCC2)C1=O. The molecule has 1 spiro atoms. The lowest BCUT2D eigenvalue weighted by Crippen LogP contribution is -2.58. The Bertz CT molecular complexity index is 364. The van der Waals surface area contributed by atoms with Crippen molar-refractivity contribution in [2.45, 2.75) is 51.0 Å². The van der Waals surface area contributed by atoms with E-state index < -0.39 is 5.54 Å². The van der Waals surface area contributed by atoms with Crippen LogP contribution in [0.4, 0.5) is 0 Å². The van der Waals surface area contributed by atoms with Gasteiger partial charge in [-0.1, -0.05) is 26.2 Å². The van der Waals surface area contributed by atoms with Crippen molar-refractivity contribution in [2.24, 2.45) is 5.92 Å². The van der Waals surface area contributed by atoms with E-state index in [1.165, 1.54) is 0 Å². The van der Waals surface area contributed by atoms with Gasteiger partial charge in [0.1, 0.15) is 5.54 Å². The average Bonchev–Trinajstić information content (AvgIpc) is 2.53. The summed E-state index contributed by atoms with van der Waals surface area (Å²) >= 11 is 0. The Hall–Kier alpha value is -1.10. The van der Waals surface area contributed by atoms with Crippen molar-refractivity contribution >= 4 is 11.8 Å². The number of hydrogen-bond donors (Lipinski definition) is 1. The first-order chi connectivity index (χ1) is 9.57. The number of hydrogen-bond acceptors (Lipinski definition) is 3. The summed E-state index contributed by atoms with van der Waals surface area (Å²) in [6.45, 7) is 3.91. The third kappa shape index (κ3) is 3.32. The molecule has 2 amide bonds. The average molecular weight is 282 g/mol. The third-order valence-electron chi connectivity index (χ3n) is 4.37. The summed E-state index contributed by atoms with van der Waals surface area (Å²) in [7, 11) is 1.68. The van der Waals surface area contributed by atoms with Crippen LogP contribution in [0, 0.1) is 5.92 Å². The van der Waals surface area contributed by atoms with E-state index in [4.69, 9.17) is 4.74 Å². The lowest BCUT2D eigenvalue weighted by Gasteiger charge is -2.38. The van der Waals surface area contributed by atoms with Crippen LogP contribution in [0.1, 0.15) is 45.4 Å². The number of rotatable bonds is 4. The minimum Gasteiger partial charge on any atom is -0.384 e. The van der Waals surface area contributed by atoms with Gasteiger partial charge in [0.15, 0.2) is 0 Å². The molecule has 0 aromatic rings. The van der Waals surface area contributed by atoms with Crippen molar-refractivity contribution in [2.75, 3.05) is 26.8 Å².